The summed E-state index contributed by atoms with van der Waals surface area (Å²) in [5, 5.41) is 3.60. The van der Waals surface area contributed by atoms with E-state index in [2.05, 4.69) is 5.32 Å². The van der Waals surface area contributed by atoms with Gasteiger partial charge in [0.15, 0.2) is 0 Å². The second kappa shape index (κ2) is 9.00. The van der Waals surface area contributed by atoms with Crippen molar-refractivity contribution in [2.75, 3.05) is 19.7 Å². The summed E-state index contributed by atoms with van der Waals surface area (Å²) in [6.45, 7) is 3.77. The molecule has 160 valence electrons. The van der Waals surface area contributed by atoms with Gasteiger partial charge in [0, 0.05) is 24.6 Å². The largest absolute Gasteiger partial charge is 0.457 e. The quantitative estimate of drug-likeness (QED) is 0.748. The van der Waals surface area contributed by atoms with Gasteiger partial charge in [0.25, 0.3) is 0 Å². The average molecular weight is 412 g/mol. The zero-order valence-corrected chi connectivity index (χ0v) is 17.4. The van der Waals surface area contributed by atoms with E-state index in [-0.39, 0.29) is 24.5 Å². The molecule has 1 aromatic carbocycles. The fourth-order valence-corrected chi connectivity index (χ4v) is 4.36. The first-order valence-electron chi connectivity index (χ1n) is 10.7. The van der Waals surface area contributed by atoms with Crippen LogP contribution in [0.1, 0.15) is 60.5 Å². The van der Waals surface area contributed by atoms with Crippen molar-refractivity contribution in [2.24, 2.45) is 0 Å². The van der Waals surface area contributed by atoms with Gasteiger partial charge < -0.3 is 19.7 Å². The molecule has 0 radical (unpaired) electrons. The fourth-order valence-electron chi connectivity index (χ4n) is 4.36. The first-order valence-corrected chi connectivity index (χ1v) is 10.7. The van der Waals surface area contributed by atoms with Crippen molar-refractivity contribution in [2.45, 2.75) is 58.1 Å². The topological polar surface area (TPSA) is 84.9 Å². The number of hydrogen-bond donors (Lipinski definition) is 1. The number of carbonyl (C=O) groups excluding carboxylic acids is 3. The van der Waals surface area contributed by atoms with Gasteiger partial charge in [-0.3, -0.25) is 4.79 Å². The second-order valence-electron chi connectivity index (χ2n) is 8.20. The van der Waals surface area contributed by atoms with Gasteiger partial charge in [-0.2, -0.15) is 0 Å². The van der Waals surface area contributed by atoms with Crippen molar-refractivity contribution in [1.29, 1.82) is 0 Å². The summed E-state index contributed by atoms with van der Waals surface area (Å²) in [5.74, 6) is -0.488. The van der Waals surface area contributed by atoms with E-state index in [1.54, 1.807) is 11.8 Å². The SMILES string of the molecule is CC1=C(N2CCCC[C@@H](NCCc3ccc4c(c3)COC4=O)CCC2=O)COC1=O. The van der Waals surface area contributed by atoms with Gasteiger partial charge in [0.2, 0.25) is 5.91 Å². The standard InChI is InChI=1S/C23H28N2O5/c1-15-20(14-30-22(15)27)25-11-3-2-4-18(6-8-21(25)26)24-10-9-16-5-7-19-17(12-16)13-29-23(19)28/h5,7,12,18,24H,2-4,6,8-11,13-14H2,1H3/t18-/m1/s1. The molecule has 0 aliphatic carbocycles. The smallest absolute Gasteiger partial charge is 0.338 e. The zero-order chi connectivity index (χ0) is 21.1. The summed E-state index contributed by atoms with van der Waals surface area (Å²) in [6.07, 6.45) is 5.07. The van der Waals surface area contributed by atoms with Gasteiger partial charge in [-0.1, -0.05) is 18.6 Å². The van der Waals surface area contributed by atoms with Crippen LogP contribution in [0, 0.1) is 0 Å². The number of fused-ring (bicyclic) bond motifs is 1. The number of benzene rings is 1. The van der Waals surface area contributed by atoms with Crippen LogP contribution in [-0.2, 0) is 32.1 Å². The Hall–Kier alpha value is -2.67. The number of nitrogens with one attached hydrogen (secondary N) is 1. The van der Waals surface area contributed by atoms with Crippen molar-refractivity contribution in [1.82, 2.24) is 10.2 Å². The van der Waals surface area contributed by atoms with Crippen molar-refractivity contribution >= 4 is 17.8 Å². The highest BCUT2D eigenvalue weighted by Crippen LogP contribution is 2.24. The third-order valence-corrected chi connectivity index (χ3v) is 6.19. The van der Waals surface area contributed by atoms with Crippen molar-refractivity contribution in [3.8, 4) is 0 Å². The first-order chi connectivity index (χ1) is 14.5. The van der Waals surface area contributed by atoms with Crippen LogP contribution in [0.2, 0.25) is 0 Å². The summed E-state index contributed by atoms with van der Waals surface area (Å²) in [5.41, 5.74) is 4.10. The summed E-state index contributed by atoms with van der Waals surface area (Å²) < 4.78 is 10.2. The Kier molecular flexibility index (Phi) is 6.18. The van der Waals surface area contributed by atoms with Crippen LogP contribution in [0.3, 0.4) is 0 Å². The second-order valence-corrected chi connectivity index (χ2v) is 8.20. The minimum absolute atomic E-state index is 0.0691. The molecule has 0 unspecified atom stereocenters. The number of cyclic esters (lactones) is 2. The average Bonchev–Trinajstić information content (AvgIpc) is 3.29. The molecule has 3 aliphatic rings. The van der Waals surface area contributed by atoms with Gasteiger partial charge in [-0.25, -0.2) is 9.59 Å². The molecule has 1 fully saturated rings. The molecular formula is C23H28N2O5. The van der Waals surface area contributed by atoms with E-state index in [1.807, 2.05) is 18.2 Å². The minimum atomic E-state index is -0.320. The monoisotopic (exact) mass is 412 g/mol. The maximum Gasteiger partial charge on any atom is 0.338 e. The van der Waals surface area contributed by atoms with Gasteiger partial charge in [0.1, 0.15) is 13.2 Å². The van der Waals surface area contributed by atoms with Crippen molar-refractivity contribution < 1.29 is 23.9 Å². The number of esters is 2. The molecule has 0 aromatic heterocycles. The Bertz CT molecular complexity index is 892. The number of nitrogens with zero attached hydrogens (tertiary/aromatic N) is 1. The van der Waals surface area contributed by atoms with Gasteiger partial charge in [-0.05, 0) is 50.8 Å². The van der Waals surface area contributed by atoms with Gasteiger partial charge in [-0.15, -0.1) is 0 Å². The Morgan fingerprint density at radius 1 is 1.07 bits per heavy atom. The van der Waals surface area contributed by atoms with Crippen molar-refractivity contribution in [3.05, 3.63) is 46.2 Å². The number of ether oxygens (including phenoxy) is 2. The molecule has 4 rings (SSSR count). The molecule has 0 bridgehead atoms. The maximum atomic E-state index is 12.8. The number of amides is 1. The minimum Gasteiger partial charge on any atom is -0.457 e. The molecule has 1 atom stereocenters. The van der Waals surface area contributed by atoms with E-state index in [0.29, 0.717) is 36.8 Å². The van der Waals surface area contributed by atoms with Crippen LogP contribution in [0.25, 0.3) is 0 Å². The molecule has 1 aromatic rings. The molecule has 30 heavy (non-hydrogen) atoms. The predicted octanol–water partition coefficient (Wildman–Crippen LogP) is 2.48. The molecule has 0 spiro atoms. The summed E-state index contributed by atoms with van der Waals surface area (Å²) >= 11 is 0. The molecular weight excluding hydrogens is 384 g/mol. The number of hydrogen-bond acceptors (Lipinski definition) is 6. The van der Waals surface area contributed by atoms with E-state index in [9.17, 15) is 14.4 Å². The van der Waals surface area contributed by atoms with E-state index < -0.39 is 0 Å². The Balaban J connectivity index is 1.30. The first kappa shape index (κ1) is 20.6. The van der Waals surface area contributed by atoms with Crippen LogP contribution in [-0.4, -0.2) is 48.5 Å². The van der Waals surface area contributed by atoms with Crippen LogP contribution < -0.4 is 5.32 Å². The highest BCUT2D eigenvalue weighted by molar-refractivity contribution is 5.93. The lowest BCUT2D eigenvalue weighted by atomic mass is 10.0. The van der Waals surface area contributed by atoms with E-state index in [1.165, 1.54) is 5.56 Å². The molecule has 1 saturated heterocycles. The summed E-state index contributed by atoms with van der Waals surface area (Å²) in [4.78, 5) is 37.8. The lowest BCUT2D eigenvalue weighted by molar-refractivity contribution is -0.136. The van der Waals surface area contributed by atoms with E-state index >= 15 is 0 Å². The normalized spacial score (nSPS) is 22.4. The molecule has 3 aliphatic heterocycles. The molecule has 7 nitrogen and oxygen atoms in total. The highest BCUT2D eigenvalue weighted by Gasteiger charge is 2.29. The Morgan fingerprint density at radius 3 is 2.70 bits per heavy atom. The summed E-state index contributed by atoms with van der Waals surface area (Å²) in [7, 11) is 0. The predicted molar refractivity (Wildman–Crippen MR) is 110 cm³/mol. The van der Waals surface area contributed by atoms with E-state index in [0.717, 1.165) is 49.9 Å². The molecule has 0 saturated carbocycles. The molecule has 1 amide bonds. The van der Waals surface area contributed by atoms with Crippen LogP contribution >= 0.6 is 0 Å². The lowest BCUT2D eigenvalue weighted by Crippen LogP contribution is -2.34. The van der Waals surface area contributed by atoms with E-state index in [4.69, 9.17) is 9.47 Å². The molecule has 7 heteroatoms. The highest BCUT2D eigenvalue weighted by atomic mass is 16.5. The Labute approximate surface area is 176 Å². The van der Waals surface area contributed by atoms with Crippen molar-refractivity contribution in [3.63, 3.8) is 0 Å². The zero-order valence-electron chi connectivity index (χ0n) is 17.4. The van der Waals surface area contributed by atoms with Gasteiger partial charge >= 0.3 is 11.9 Å². The third-order valence-electron chi connectivity index (χ3n) is 6.19. The molecule has 1 N–H and O–H groups in total. The Morgan fingerprint density at radius 2 is 1.90 bits per heavy atom. The fraction of sp³-hybridized carbons (Fsp3) is 0.522. The maximum absolute atomic E-state index is 12.8. The summed E-state index contributed by atoms with van der Waals surface area (Å²) in [6, 6.07) is 6.18. The van der Waals surface area contributed by atoms with Crippen LogP contribution in [0.15, 0.2) is 29.5 Å². The molecule has 3 heterocycles. The number of carbonyl (C=O) groups is 3. The lowest BCUT2D eigenvalue weighted by Gasteiger charge is -2.23. The van der Waals surface area contributed by atoms with Crippen LogP contribution in [0.5, 0.6) is 0 Å². The van der Waals surface area contributed by atoms with Crippen LogP contribution in [0.4, 0.5) is 0 Å². The van der Waals surface area contributed by atoms with Gasteiger partial charge in [0.05, 0.1) is 16.8 Å². The third kappa shape index (κ3) is 4.41. The number of rotatable bonds is 5.